The van der Waals surface area contributed by atoms with Gasteiger partial charge in [-0.05, 0) is 39.2 Å². The molecule has 2 rings (SSSR count). The van der Waals surface area contributed by atoms with Crippen molar-refractivity contribution in [2.75, 3.05) is 7.11 Å². The van der Waals surface area contributed by atoms with Crippen LogP contribution < -0.4 is 4.74 Å². The first-order valence-electron chi connectivity index (χ1n) is 5.25. The van der Waals surface area contributed by atoms with Gasteiger partial charge in [0.2, 0.25) is 0 Å². The normalized spacial score (nSPS) is 12.2. The average molecular weight is 312 g/mol. The van der Waals surface area contributed by atoms with Crippen molar-refractivity contribution in [3.05, 3.63) is 64.1 Å². The lowest BCUT2D eigenvalue weighted by Crippen LogP contribution is -1.94. The Kier molecular flexibility index (Phi) is 4.08. The van der Waals surface area contributed by atoms with E-state index in [1.54, 1.807) is 7.11 Å². The van der Waals surface area contributed by atoms with Crippen LogP contribution in [0.4, 0.5) is 0 Å². The third-order valence-electron chi connectivity index (χ3n) is 2.56. The van der Waals surface area contributed by atoms with E-state index in [2.05, 4.69) is 15.9 Å². The second-order valence-corrected chi connectivity index (χ2v) is 4.96. The van der Waals surface area contributed by atoms with Gasteiger partial charge < -0.3 is 4.74 Å². The van der Waals surface area contributed by atoms with Crippen LogP contribution in [0.5, 0.6) is 5.75 Å². The molecule has 0 saturated heterocycles. The lowest BCUT2D eigenvalue weighted by molar-refractivity contribution is 0.412. The Morgan fingerprint density at radius 3 is 2.35 bits per heavy atom. The van der Waals surface area contributed by atoms with E-state index in [-0.39, 0.29) is 5.38 Å². The van der Waals surface area contributed by atoms with Crippen molar-refractivity contribution in [2.24, 2.45) is 0 Å². The third-order valence-corrected chi connectivity index (χ3v) is 3.68. The Labute approximate surface area is 115 Å². The van der Waals surface area contributed by atoms with Crippen LogP contribution in [0, 0.1) is 0 Å². The Morgan fingerprint density at radius 2 is 1.76 bits per heavy atom. The molecular weight excluding hydrogens is 300 g/mol. The summed E-state index contributed by atoms with van der Waals surface area (Å²) in [6.07, 6.45) is 0. The van der Waals surface area contributed by atoms with E-state index in [1.807, 2.05) is 48.5 Å². The molecule has 0 bridgehead atoms. The summed E-state index contributed by atoms with van der Waals surface area (Å²) in [5.74, 6) is 0.811. The van der Waals surface area contributed by atoms with E-state index in [1.165, 1.54) is 0 Å². The monoisotopic (exact) mass is 310 g/mol. The summed E-state index contributed by atoms with van der Waals surface area (Å²) >= 11 is 9.90. The van der Waals surface area contributed by atoms with Crippen molar-refractivity contribution >= 4 is 27.5 Å². The fourth-order valence-corrected chi connectivity index (χ4v) is 2.49. The van der Waals surface area contributed by atoms with Crippen LogP contribution in [0.25, 0.3) is 0 Å². The van der Waals surface area contributed by atoms with Crippen LogP contribution in [0.1, 0.15) is 16.5 Å². The van der Waals surface area contributed by atoms with Gasteiger partial charge in [0.05, 0.1) is 17.0 Å². The van der Waals surface area contributed by atoms with Crippen molar-refractivity contribution in [3.63, 3.8) is 0 Å². The Morgan fingerprint density at radius 1 is 1.06 bits per heavy atom. The second-order valence-electron chi connectivity index (χ2n) is 3.67. The molecule has 0 fully saturated rings. The Bertz CT molecular complexity index is 499. The summed E-state index contributed by atoms with van der Waals surface area (Å²) < 4.78 is 6.11. The SMILES string of the molecule is COc1ccc(C(Cl)c2ccccc2)cc1Br. The van der Waals surface area contributed by atoms with E-state index in [0.29, 0.717) is 0 Å². The van der Waals surface area contributed by atoms with Gasteiger partial charge in [0.25, 0.3) is 0 Å². The van der Waals surface area contributed by atoms with Crippen LogP contribution in [0.15, 0.2) is 53.0 Å². The van der Waals surface area contributed by atoms with E-state index >= 15 is 0 Å². The quantitative estimate of drug-likeness (QED) is 0.741. The van der Waals surface area contributed by atoms with Gasteiger partial charge in [-0.2, -0.15) is 0 Å². The molecule has 1 atom stereocenters. The van der Waals surface area contributed by atoms with Gasteiger partial charge in [-0.15, -0.1) is 11.6 Å². The molecule has 2 aromatic carbocycles. The minimum Gasteiger partial charge on any atom is -0.496 e. The van der Waals surface area contributed by atoms with Gasteiger partial charge >= 0.3 is 0 Å². The number of alkyl halides is 1. The average Bonchev–Trinajstić information content (AvgIpc) is 2.39. The van der Waals surface area contributed by atoms with E-state index in [0.717, 1.165) is 21.3 Å². The van der Waals surface area contributed by atoms with E-state index in [4.69, 9.17) is 16.3 Å². The minimum absolute atomic E-state index is 0.140. The molecule has 17 heavy (non-hydrogen) atoms. The standard InChI is InChI=1S/C14H12BrClO/c1-17-13-8-7-11(9-12(13)15)14(16)10-5-3-2-4-6-10/h2-9,14H,1H3. The molecule has 0 saturated carbocycles. The number of hydrogen-bond donors (Lipinski definition) is 0. The minimum atomic E-state index is -0.140. The van der Waals surface area contributed by atoms with Crippen molar-refractivity contribution in [2.45, 2.75) is 5.38 Å². The largest absolute Gasteiger partial charge is 0.496 e. The molecule has 88 valence electrons. The second kappa shape index (κ2) is 5.56. The molecule has 1 unspecified atom stereocenters. The lowest BCUT2D eigenvalue weighted by atomic mass is 10.0. The smallest absolute Gasteiger partial charge is 0.133 e. The number of hydrogen-bond acceptors (Lipinski definition) is 1. The van der Waals surface area contributed by atoms with Gasteiger partial charge in [-0.25, -0.2) is 0 Å². The first-order valence-corrected chi connectivity index (χ1v) is 6.48. The molecule has 0 amide bonds. The zero-order valence-corrected chi connectivity index (χ0v) is 11.7. The topological polar surface area (TPSA) is 9.23 Å². The van der Waals surface area contributed by atoms with Gasteiger partial charge in [0.1, 0.15) is 5.75 Å². The molecule has 0 aliphatic heterocycles. The molecule has 0 heterocycles. The van der Waals surface area contributed by atoms with Crippen LogP contribution in [0.2, 0.25) is 0 Å². The van der Waals surface area contributed by atoms with Gasteiger partial charge in [-0.3, -0.25) is 0 Å². The van der Waals surface area contributed by atoms with Gasteiger partial charge in [0, 0.05) is 0 Å². The lowest BCUT2D eigenvalue weighted by Gasteiger charge is -2.12. The highest BCUT2D eigenvalue weighted by molar-refractivity contribution is 9.10. The maximum atomic E-state index is 6.44. The maximum absolute atomic E-state index is 6.44. The number of benzene rings is 2. The highest BCUT2D eigenvalue weighted by Gasteiger charge is 2.12. The highest BCUT2D eigenvalue weighted by Crippen LogP contribution is 2.33. The van der Waals surface area contributed by atoms with Gasteiger partial charge in [-0.1, -0.05) is 36.4 Å². The van der Waals surface area contributed by atoms with Crippen LogP contribution >= 0.6 is 27.5 Å². The van der Waals surface area contributed by atoms with Gasteiger partial charge in [0.15, 0.2) is 0 Å². The molecular formula is C14H12BrClO. The molecule has 2 aromatic rings. The summed E-state index contributed by atoms with van der Waals surface area (Å²) in [7, 11) is 1.65. The summed E-state index contributed by atoms with van der Waals surface area (Å²) in [4.78, 5) is 0. The van der Waals surface area contributed by atoms with E-state index < -0.39 is 0 Å². The maximum Gasteiger partial charge on any atom is 0.133 e. The fraction of sp³-hybridized carbons (Fsp3) is 0.143. The Balaban J connectivity index is 2.32. The van der Waals surface area contributed by atoms with Crippen molar-refractivity contribution in [1.29, 1.82) is 0 Å². The number of methoxy groups -OCH3 is 1. The molecule has 0 radical (unpaired) electrons. The zero-order chi connectivity index (χ0) is 12.3. The summed E-state index contributed by atoms with van der Waals surface area (Å²) in [5.41, 5.74) is 2.14. The summed E-state index contributed by atoms with van der Waals surface area (Å²) in [5, 5.41) is -0.140. The molecule has 3 heteroatoms. The van der Waals surface area contributed by atoms with Crippen molar-refractivity contribution in [1.82, 2.24) is 0 Å². The Hall–Kier alpha value is -0.990. The number of halogens is 2. The van der Waals surface area contributed by atoms with Crippen molar-refractivity contribution < 1.29 is 4.74 Å². The zero-order valence-electron chi connectivity index (χ0n) is 9.36. The highest BCUT2D eigenvalue weighted by atomic mass is 79.9. The summed E-state index contributed by atoms with van der Waals surface area (Å²) in [6.45, 7) is 0. The van der Waals surface area contributed by atoms with Crippen LogP contribution in [0.3, 0.4) is 0 Å². The predicted molar refractivity (Wildman–Crippen MR) is 74.8 cm³/mol. The number of rotatable bonds is 3. The molecule has 0 aliphatic rings. The molecule has 0 N–H and O–H groups in total. The first-order chi connectivity index (χ1) is 8.22. The summed E-state index contributed by atoms with van der Waals surface area (Å²) in [6, 6.07) is 15.9. The molecule has 1 nitrogen and oxygen atoms in total. The molecule has 0 spiro atoms. The van der Waals surface area contributed by atoms with Crippen LogP contribution in [-0.2, 0) is 0 Å². The van der Waals surface area contributed by atoms with E-state index in [9.17, 15) is 0 Å². The van der Waals surface area contributed by atoms with Crippen LogP contribution in [-0.4, -0.2) is 7.11 Å². The fourth-order valence-electron chi connectivity index (χ4n) is 1.65. The number of ether oxygens (including phenoxy) is 1. The predicted octanol–water partition coefficient (Wildman–Crippen LogP) is 4.79. The third kappa shape index (κ3) is 2.82. The molecule has 0 aliphatic carbocycles. The van der Waals surface area contributed by atoms with Crippen molar-refractivity contribution in [3.8, 4) is 5.75 Å². The molecule has 0 aromatic heterocycles. The first kappa shape index (κ1) is 12.5.